The van der Waals surface area contributed by atoms with Crippen LogP contribution >= 0.6 is 11.3 Å². The zero-order valence-electron chi connectivity index (χ0n) is 11.6. The molecule has 5 heteroatoms. The van der Waals surface area contributed by atoms with Gasteiger partial charge in [0.15, 0.2) is 12.4 Å². The zero-order chi connectivity index (χ0) is 14.9. The molecule has 0 amide bonds. The van der Waals surface area contributed by atoms with E-state index in [1.54, 1.807) is 0 Å². The van der Waals surface area contributed by atoms with Crippen molar-refractivity contribution in [3.8, 4) is 5.75 Å². The van der Waals surface area contributed by atoms with Crippen molar-refractivity contribution in [3.63, 3.8) is 0 Å². The number of ether oxygens (including phenoxy) is 1. The fraction of sp³-hybridized carbons (Fsp3) is 0.333. The monoisotopic (exact) mass is 292 g/mol. The Bertz CT molecular complexity index is 664. The molecule has 0 unspecified atom stereocenters. The van der Waals surface area contributed by atoms with Gasteiger partial charge in [-0.25, -0.2) is 4.79 Å². The molecular weight excluding hydrogens is 276 g/mol. The maximum Gasteiger partial charge on any atom is 0.341 e. The van der Waals surface area contributed by atoms with Gasteiger partial charge in [-0.05, 0) is 12.1 Å². The standard InChI is InChI=1S/C15H16O4S/c1-15(2,3)14(18)13-12(19-8-11(16)17)9-6-4-5-7-10(9)20-13/h4-7H,8H2,1-3H3,(H,16,17). The summed E-state index contributed by atoms with van der Waals surface area (Å²) in [4.78, 5) is 23.7. The molecular formula is C15H16O4S. The van der Waals surface area contributed by atoms with Crippen molar-refractivity contribution in [3.05, 3.63) is 29.1 Å². The molecule has 0 fully saturated rings. The highest BCUT2D eigenvalue weighted by Crippen LogP contribution is 2.40. The van der Waals surface area contributed by atoms with E-state index in [1.165, 1.54) is 11.3 Å². The third-order valence-electron chi connectivity index (χ3n) is 2.78. The Morgan fingerprint density at radius 2 is 1.90 bits per heavy atom. The third-order valence-corrected chi connectivity index (χ3v) is 3.93. The van der Waals surface area contributed by atoms with Crippen LogP contribution in [0.2, 0.25) is 0 Å². The van der Waals surface area contributed by atoms with Crippen LogP contribution in [0.4, 0.5) is 0 Å². The van der Waals surface area contributed by atoms with E-state index in [0.717, 1.165) is 10.1 Å². The molecule has 0 spiro atoms. The average Bonchev–Trinajstić information content (AvgIpc) is 2.72. The zero-order valence-corrected chi connectivity index (χ0v) is 12.4. The number of carbonyl (C=O) groups excluding carboxylic acids is 1. The van der Waals surface area contributed by atoms with E-state index >= 15 is 0 Å². The van der Waals surface area contributed by atoms with Crippen LogP contribution < -0.4 is 4.74 Å². The molecule has 2 aromatic rings. The van der Waals surface area contributed by atoms with Crippen molar-refractivity contribution in [2.45, 2.75) is 20.8 Å². The Labute approximate surface area is 121 Å². The van der Waals surface area contributed by atoms with Crippen LogP contribution in [0.1, 0.15) is 30.4 Å². The Kier molecular flexibility index (Phi) is 3.81. The van der Waals surface area contributed by atoms with E-state index in [0.29, 0.717) is 10.6 Å². The Morgan fingerprint density at radius 3 is 2.50 bits per heavy atom. The van der Waals surface area contributed by atoms with Gasteiger partial charge in [-0.3, -0.25) is 4.79 Å². The number of hydrogen-bond donors (Lipinski definition) is 1. The van der Waals surface area contributed by atoms with Gasteiger partial charge in [0.05, 0.1) is 0 Å². The van der Waals surface area contributed by atoms with Crippen molar-refractivity contribution in [2.24, 2.45) is 5.41 Å². The summed E-state index contributed by atoms with van der Waals surface area (Å²) in [6.45, 7) is 5.05. The average molecular weight is 292 g/mol. The van der Waals surface area contributed by atoms with Crippen LogP contribution in [-0.4, -0.2) is 23.5 Å². The number of aliphatic carboxylic acids is 1. The van der Waals surface area contributed by atoms with Gasteiger partial charge in [0.1, 0.15) is 10.6 Å². The molecule has 1 heterocycles. The second kappa shape index (κ2) is 5.25. The maximum absolute atomic E-state index is 12.5. The fourth-order valence-corrected chi connectivity index (χ4v) is 3.09. The summed E-state index contributed by atoms with van der Waals surface area (Å²) in [5.74, 6) is -0.721. The number of hydrogen-bond acceptors (Lipinski definition) is 4. The molecule has 0 aliphatic heterocycles. The summed E-state index contributed by atoms with van der Waals surface area (Å²) in [6.07, 6.45) is 0. The highest BCUT2D eigenvalue weighted by molar-refractivity contribution is 7.21. The first kappa shape index (κ1) is 14.5. The number of benzene rings is 1. The number of carboxylic acids is 1. The van der Waals surface area contributed by atoms with E-state index < -0.39 is 18.0 Å². The lowest BCUT2D eigenvalue weighted by Crippen LogP contribution is -2.20. The van der Waals surface area contributed by atoms with Gasteiger partial charge >= 0.3 is 5.97 Å². The van der Waals surface area contributed by atoms with Crippen molar-refractivity contribution in [1.82, 2.24) is 0 Å². The molecule has 0 atom stereocenters. The van der Waals surface area contributed by atoms with Crippen molar-refractivity contribution in [1.29, 1.82) is 0 Å². The summed E-state index contributed by atoms with van der Waals surface area (Å²) < 4.78 is 6.28. The number of rotatable bonds is 4. The van der Waals surface area contributed by atoms with Crippen molar-refractivity contribution in [2.75, 3.05) is 6.61 Å². The summed E-state index contributed by atoms with van der Waals surface area (Å²) in [6, 6.07) is 7.45. The Balaban J connectivity index is 2.55. The lowest BCUT2D eigenvalue weighted by molar-refractivity contribution is -0.139. The maximum atomic E-state index is 12.5. The number of Topliss-reactive ketones (excluding diaryl/α,β-unsaturated/α-hetero) is 1. The van der Waals surface area contributed by atoms with Gasteiger partial charge < -0.3 is 9.84 Å². The minimum atomic E-state index is -1.06. The molecule has 0 saturated carbocycles. The van der Waals surface area contributed by atoms with Gasteiger partial charge in [-0.2, -0.15) is 0 Å². The predicted molar refractivity (Wildman–Crippen MR) is 78.7 cm³/mol. The normalized spacial score (nSPS) is 11.6. The summed E-state index contributed by atoms with van der Waals surface area (Å²) in [5.41, 5.74) is -0.539. The van der Waals surface area contributed by atoms with Crippen LogP contribution in [0.25, 0.3) is 10.1 Å². The third kappa shape index (κ3) is 2.82. The molecule has 0 aliphatic carbocycles. The molecule has 1 aromatic heterocycles. The molecule has 0 bridgehead atoms. The van der Waals surface area contributed by atoms with Gasteiger partial charge in [0.2, 0.25) is 0 Å². The van der Waals surface area contributed by atoms with E-state index in [-0.39, 0.29) is 5.78 Å². The highest BCUT2D eigenvalue weighted by Gasteiger charge is 2.29. The van der Waals surface area contributed by atoms with Crippen LogP contribution in [-0.2, 0) is 4.79 Å². The van der Waals surface area contributed by atoms with Gasteiger partial charge in [0.25, 0.3) is 0 Å². The lowest BCUT2D eigenvalue weighted by atomic mass is 9.89. The fourth-order valence-electron chi connectivity index (χ4n) is 1.79. The summed E-state index contributed by atoms with van der Waals surface area (Å²) in [5, 5.41) is 9.55. The minimum absolute atomic E-state index is 0.0425. The van der Waals surface area contributed by atoms with Gasteiger partial charge in [-0.15, -0.1) is 11.3 Å². The summed E-state index contributed by atoms with van der Waals surface area (Å²) >= 11 is 1.34. The molecule has 4 nitrogen and oxygen atoms in total. The minimum Gasteiger partial charge on any atom is -0.480 e. The van der Waals surface area contributed by atoms with E-state index in [4.69, 9.17) is 9.84 Å². The molecule has 0 radical (unpaired) electrons. The molecule has 0 aliphatic rings. The smallest absolute Gasteiger partial charge is 0.341 e. The molecule has 1 aromatic carbocycles. The number of fused-ring (bicyclic) bond motifs is 1. The Hall–Kier alpha value is -1.88. The number of carboxylic acid groups (broad SMARTS) is 1. The van der Waals surface area contributed by atoms with Gasteiger partial charge in [0, 0.05) is 15.5 Å². The number of carbonyl (C=O) groups is 2. The van der Waals surface area contributed by atoms with Gasteiger partial charge in [-0.1, -0.05) is 32.9 Å². The van der Waals surface area contributed by atoms with Crippen LogP contribution in [0.15, 0.2) is 24.3 Å². The van der Waals surface area contributed by atoms with E-state index in [2.05, 4.69) is 0 Å². The van der Waals surface area contributed by atoms with Crippen molar-refractivity contribution >= 4 is 33.2 Å². The molecule has 20 heavy (non-hydrogen) atoms. The summed E-state index contributed by atoms with van der Waals surface area (Å²) in [7, 11) is 0. The first-order valence-electron chi connectivity index (χ1n) is 6.21. The largest absolute Gasteiger partial charge is 0.480 e. The van der Waals surface area contributed by atoms with Crippen molar-refractivity contribution < 1.29 is 19.4 Å². The molecule has 106 valence electrons. The first-order valence-corrected chi connectivity index (χ1v) is 7.03. The highest BCUT2D eigenvalue weighted by atomic mass is 32.1. The van der Waals surface area contributed by atoms with Crippen LogP contribution in [0, 0.1) is 5.41 Å². The lowest BCUT2D eigenvalue weighted by Gasteiger charge is -2.16. The topological polar surface area (TPSA) is 63.6 Å². The van der Waals surface area contributed by atoms with Crippen LogP contribution in [0.5, 0.6) is 5.75 Å². The quantitative estimate of drug-likeness (QED) is 0.875. The van der Waals surface area contributed by atoms with Crippen LogP contribution in [0.3, 0.4) is 0 Å². The van der Waals surface area contributed by atoms with E-state index in [9.17, 15) is 9.59 Å². The number of ketones is 1. The molecule has 0 saturated heterocycles. The van der Waals surface area contributed by atoms with E-state index in [1.807, 2.05) is 45.0 Å². The molecule has 2 rings (SSSR count). The second-order valence-electron chi connectivity index (χ2n) is 5.52. The SMILES string of the molecule is CC(C)(C)C(=O)c1sc2ccccc2c1OCC(=O)O. The molecule has 1 N–H and O–H groups in total. The Morgan fingerprint density at radius 1 is 1.25 bits per heavy atom. The number of thiophene rings is 1. The second-order valence-corrected chi connectivity index (χ2v) is 6.57. The predicted octanol–water partition coefficient (Wildman–Crippen LogP) is 3.59. The first-order chi connectivity index (χ1) is 9.30.